The molecule has 0 spiro atoms. The fourth-order valence-electron chi connectivity index (χ4n) is 2.52. The number of methoxy groups -OCH3 is 1. The summed E-state index contributed by atoms with van der Waals surface area (Å²) in [5.41, 5.74) is 5.56. The molecule has 2 aromatic rings. The molecule has 0 unspecified atom stereocenters. The largest absolute Gasteiger partial charge is 0.378 e. The lowest BCUT2D eigenvalue weighted by molar-refractivity contribution is -0.120. The van der Waals surface area contributed by atoms with Gasteiger partial charge in [0.25, 0.3) is 0 Å². The molecule has 0 atom stereocenters. The van der Waals surface area contributed by atoms with Gasteiger partial charge < -0.3 is 10.1 Å². The van der Waals surface area contributed by atoms with Crippen molar-refractivity contribution >= 4 is 17.2 Å². The number of aryl methyl sites for hydroxylation is 3. The van der Waals surface area contributed by atoms with Gasteiger partial charge in [-0.3, -0.25) is 4.79 Å². The fraction of sp³-hybridized carbons (Fsp3) is 0.412. The van der Waals surface area contributed by atoms with Crippen LogP contribution in [0.25, 0.3) is 0 Å². The number of hydrogen-bond donors (Lipinski definition) is 1. The monoisotopic (exact) mass is 318 g/mol. The maximum atomic E-state index is 12.1. The Morgan fingerprint density at radius 1 is 1.27 bits per heavy atom. The van der Waals surface area contributed by atoms with Crippen LogP contribution in [0.15, 0.2) is 17.5 Å². The average molecular weight is 318 g/mol. The van der Waals surface area contributed by atoms with E-state index in [-0.39, 0.29) is 5.91 Å². The van der Waals surface area contributed by atoms with Crippen LogP contribution in [0.1, 0.15) is 33.0 Å². The van der Waals surface area contributed by atoms with Crippen LogP contribution < -0.4 is 5.32 Å². The van der Waals surface area contributed by atoms with Crippen molar-refractivity contribution in [2.75, 3.05) is 7.11 Å². The second kappa shape index (κ2) is 7.51. The fourth-order valence-corrected chi connectivity index (χ4v) is 3.28. The molecule has 118 valence electrons. The molecule has 0 bridgehead atoms. The van der Waals surface area contributed by atoms with Crippen molar-refractivity contribution in [1.29, 1.82) is 0 Å². The van der Waals surface area contributed by atoms with Gasteiger partial charge in [0.15, 0.2) is 0 Å². The van der Waals surface area contributed by atoms with E-state index in [1.807, 2.05) is 5.38 Å². The van der Waals surface area contributed by atoms with E-state index >= 15 is 0 Å². The van der Waals surface area contributed by atoms with Gasteiger partial charge in [0.05, 0.1) is 25.3 Å². The van der Waals surface area contributed by atoms with Crippen molar-refractivity contribution in [1.82, 2.24) is 10.3 Å². The number of thiazole rings is 1. The lowest BCUT2D eigenvalue weighted by atomic mass is 9.97. The second-order valence-electron chi connectivity index (χ2n) is 5.50. The van der Waals surface area contributed by atoms with Crippen LogP contribution >= 0.6 is 11.3 Å². The van der Waals surface area contributed by atoms with Crippen molar-refractivity contribution in [3.8, 4) is 0 Å². The van der Waals surface area contributed by atoms with Gasteiger partial charge in [-0.1, -0.05) is 17.7 Å². The van der Waals surface area contributed by atoms with Crippen molar-refractivity contribution < 1.29 is 9.53 Å². The minimum atomic E-state index is 0.0244. The van der Waals surface area contributed by atoms with Crippen molar-refractivity contribution in [3.05, 3.63) is 50.5 Å². The van der Waals surface area contributed by atoms with E-state index in [2.05, 4.69) is 43.2 Å². The maximum Gasteiger partial charge on any atom is 0.224 e. The normalized spacial score (nSPS) is 10.7. The maximum absolute atomic E-state index is 12.1. The van der Waals surface area contributed by atoms with E-state index in [4.69, 9.17) is 4.74 Å². The summed E-state index contributed by atoms with van der Waals surface area (Å²) in [4.78, 5) is 16.6. The van der Waals surface area contributed by atoms with Crippen LogP contribution in [0, 0.1) is 20.8 Å². The van der Waals surface area contributed by atoms with Crippen LogP contribution in [0.4, 0.5) is 0 Å². The van der Waals surface area contributed by atoms with E-state index < -0.39 is 0 Å². The van der Waals surface area contributed by atoms with Crippen molar-refractivity contribution in [2.45, 2.75) is 40.3 Å². The molecule has 1 aromatic heterocycles. The van der Waals surface area contributed by atoms with Gasteiger partial charge in [-0.2, -0.15) is 0 Å². The van der Waals surface area contributed by atoms with Crippen LogP contribution in [-0.4, -0.2) is 18.0 Å². The van der Waals surface area contributed by atoms with E-state index in [0.29, 0.717) is 19.6 Å². The van der Waals surface area contributed by atoms with Crippen LogP contribution in [-0.2, 0) is 29.1 Å². The number of carbonyl (C=O) groups is 1. The Bertz CT molecular complexity index is 641. The smallest absolute Gasteiger partial charge is 0.224 e. The van der Waals surface area contributed by atoms with E-state index in [1.165, 1.54) is 16.7 Å². The molecular formula is C17H22N2O2S. The van der Waals surface area contributed by atoms with E-state index in [9.17, 15) is 4.79 Å². The van der Waals surface area contributed by atoms with Gasteiger partial charge in [0.2, 0.25) is 5.91 Å². The summed E-state index contributed by atoms with van der Waals surface area (Å²) in [5.74, 6) is 0.0244. The average Bonchev–Trinajstić information content (AvgIpc) is 2.89. The number of rotatable bonds is 6. The number of ether oxygens (including phenoxy) is 1. The Balaban J connectivity index is 1.93. The van der Waals surface area contributed by atoms with Gasteiger partial charge in [-0.25, -0.2) is 4.98 Å². The Labute approximate surface area is 135 Å². The Kier molecular flexibility index (Phi) is 5.69. The summed E-state index contributed by atoms with van der Waals surface area (Å²) in [6.07, 6.45) is 0.410. The summed E-state index contributed by atoms with van der Waals surface area (Å²) in [6.45, 7) is 7.16. The summed E-state index contributed by atoms with van der Waals surface area (Å²) >= 11 is 1.55. The zero-order valence-corrected chi connectivity index (χ0v) is 14.3. The predicted molar refractivity (Wildman–Crippen MR) is 89.0 cm³/mol. The molecule has 0 saturated carbocycles. The number of nitrogens with zero attached hydrogens (tertiary/aromatic N) is 1. The van der Waals surface area contributed by atoms with E-state index in [0.717, 1.165) is 16.3 Å². The van der Waals surface area contributed by atoms with Gasteiger partial charge in [-0.15, -0.1) is 11.3 Å². The zero-order chi connectivity index (χ0) is 16.1. The Hall–Kier alpha value is -1.72. The van der Waals surface area contributed by atoms with Crippen LogP contribution in [0.2, 0.25) is 0 Å². The lowest BCUT2D eigenvalue weighted by Gasteiger charge is -2.11. The number of amides is 1. The first-order chi connectivity index (χ1) is 10.5. The molecule has 5 heteroatoms. The summed E-state index contributed by atoms with van der Waals surface area (Å²) in [5, 5.41) is 5.82. The first-order valence-corrected chi connectivity index (χ1v) is 8.13. The molecule has 1 amide bonds. The quantitative estimate of drug-likeness (QED) is 0.890. The highest BCUT2D eigenvalue weighted by molar-refractivity contribution is 7.09. The van der Waals surface area contributed by atoms with Gasteiger partial charge in [0.1, 0.15) is 5.01 Å². The molecule has 2 rings (SSSR count). The first kappa shape index (κ1) is 16.6. The highest BCUT2D eigenvalue weighted by atomic mass is 32.1. The van der Waals surface area contributed by atoms with Crippen LogP contribution in [0.5, 0.6) is 0 Å². The number of aromatic nitrogens is 1. The molecule has 1 N–H and O–H groups in total. The van der Waals surface area contributed by atoms with Gasteiger partial charge in [0, 0.05) is 12.5 Å². The lowest BCUT2D eigenvalue weighted by Crippen LogP contribution is -2.25. The minimum Gasteiger partial charge on any atom is -0.378 e. The summed E-state index contributed by atoms with van der Waals surface area (Å²) in [6, 6.07) is 4.24. The van der Waals surface area contributed by atoms with Gasteiger partial charge >= 0.3 is 0 Å². The Morgan fingerprint density at radius 2 is 1.95 bits per heavy atom. The molecule has 0 radical (unpaired) electrons. The summed E-state index contributed by atoms with van der Waals surface area (Å²) in [7, 11) is 1.65. The molecule has 0 aliphatic heterocycles. The molecule has 0 aliphatic carbocycles. The molecule has 0 fully saturated rings. The third kappa shape index (κ3) is 4.39. The second-order valence-corrected chi connectivity index (χ2v) is 6.44. The molecule has 1 aromatic carbocycles. The van der Waals surface area contributed by atoms with Crippen LogP contribution in [0.3, 0.4) is 0 Å². The molecule has 0 saturated heterocycles. The number of benzene rings is 1. The molecule has 1 heterocycles. The highest BCUT2D eigenvalue weighted by Crippen LogP contribution is 2.17. The summed E-state index contributed by atoms with van der Waals surface area (Å²) < 4.78 is 5.04. The number of carbonyl (C=O) groups excluding carboxylic acids is 1. The number of hydrogen-bond acceptors (Lipinski definition) is 4. The third-order valence-electron chi connectivity index (χ3n) is 3.51. The third-order valence-corrected chi connectivity index (χ3v) is 4.38. The highest BCUT2D eigenvalue weighted by Gasteiger charge is 2.10. The van der Waals surface area contributed by atoms with Crippen molar-refractivity contribution in [2.24, 2.45) is 0 Å². The first-order valence-electron chi connectivity index (χ1n) is 7.25. The SMILES string of the molecule is COCc1nc(CNC(=O)Cc2c(C)cc(C)cc2C)cs1. The molecule has 4 nitrogen and oxygen atoms in total. The molecular weight excluding hydrogens is 296 g/mol. The minimum absolute atomic E-state index is 0.0244. The van der Waals surface area contributed by atoms with Crippen molar-refractivity contribution in [3.63, 3.8) is 0 Å². The topological polar surface area (TPSA) is 51.2 Å². The molecule has 22 heavy (non-hydrogen) atoms. The standard InChI is InChI=1S/C17H22N2O2S/c1-11-5-12(2)15(13(3)6-11)7-16(20)18-8-14-10-22-17(19-14)9-21-4/h5-6,10H,7-9H2,1-4H3,(H,18,20). The zero-order valence-electron chi connectivity index (χ0n) is 13.5. The Morgan fingerprint density at radius 3 is 2.59 bits per heavy atom. The predicted octanol–water partition coefficient (Wildman–Crippen LogP) is 3.07. The van der Waals surface area contributed by atoms with E-state index in [1.54, 1.807) is 18.4 Å². The number of nitrogens with one attached hydrogen (secondary N) is 1. The van der Waals surface area contributed by atoms with Gasteiger partial charge in [-0.05, 0) is 37.5 Å². The molecule has 0 aliphatic rings.